The van der Waals surface area contributed by atoms with Gasteiger partial charge in [0.2, 0.25) is 0 Å². The highest BCUT2D eigenvalue weighted by molar-refractivity contribution is 5.98. The molecule has 5 nitrogen and oxygen atoms in total. The molecule has 0 spiro atoms. The number of halogens is 3. The molecular formula is C22H20F3N3O2. The third-order valence-corrected chi connectivity index (χ3v) is 4.37. The van der Waals surface area contributed by atoms with Crippen molar-refractivity contribution in [2.75, 3.05) is 11.9 Å². The molecule has 3 aromatic rings. The van der Waals surface area contributed by atoms with Crippen molar-refractivity contribution in [3.8, 4) is 0 Å². The first-order valence-electron chi connectivity index (χ1n) is 9.24. The zero-order valence-corrected chi connectivity index (χ0v) is 15.9. The van der Waals surface area contributed by atoms with Crippen molar-refractivity contribution in [1.29, 1.82) is 0 Å². The van der Waals surface area contributed by atoms with Gasteiger partial charge in [-0.2, -0.15) is 13.2 Å². The van der Waals surface area contributed by atoms with Gasteiger partial charge in [-0.25, -0.2) is 5.48 Å². The van der Waals surface area contributed by atoms with Crippen molar-refractivity contribution in [3.05, 3.63) is 95.3 Å². The first-order valence-corrected chi connectivity index (χ1v) is 9.24. The van der Waals surface area contributed by atoms with E-state index in [1.54, 1.807) is 36.7 Å². The molecule has 1 aromatic heterocycles. The number of carbonyl (C=O) groups is 1. The van der Waals surface area contributed by atoms with Crippen LogP contribution in [0.5, 0.6) is 0 Å². The lowest BCUT2D eigenvalue weighted by Gasteiger charge is -2.14. The molecule has 1 heterocycles. The molecule has 0 radical (unpaired) electrons. The molecule has 0 bridgehead atoms. The van der Waals surface area contributed by atoms with Crippen molar-refractivity contribution < 1.29 is 22.8 Å². The van der Waals surface area contributed by atoms with Gasteiger partial charge in [-0.15, -0.1) is 0 Å². The molecular weight excluding hydrogens is 395 g/mol. The molecule has 30 heavy (non-hydrogen) atoms. The first-order chi connectivity index (χ1) is 14.4. The van der Waals surface area contributed by atoms with E-state index < -0.39 is 17.6 Å². The number of anilines is 1. The molecule has 2 aromatic carbocycles. The number of amides is 1. The van der Waals surface area contributed by atoms with Crippen LogP contribution in [0, 0.1) is 0 Å². The van der Waals surface area contributed by atoms with Crippen LogP contribution in [0.1, 0.15) is 27.0 Å². The quantitative estimate of drug-likeness (QED) is 0.416. The highest BCUT2D eigenvalue weighted by Crippen LogP contribution is 2.32. The number of para-hydroxylation sites is 1. The summed E-state index contributed by atoms with van der Waals surface area (Å²) in [4.78, 5) is 21.5. The Morgan fingerprint density at radius 2 is 1.67 bits per heavy atom. The number of benzene rings is 2. The molecule has 0 unspecified atom stereocenters. The molecule has 0 aliphatic heterocycles. The van der Waals surface area contributed by atoms with Crippen molar-refractivity contribution in [2.45, 2.75) is 19.1 Å². The van der Waals surface area contributed by atoms with E-state index in [-0.39, 0.29) is 18.6 Å². The fourth-order valence-electron chi connectivity index (χ4n) is 2.88. The van der Waals surface area contributed by atoms with Crippen molar-refractivity contribution in [3.63, 3.8) is 0 Å². The van der Waals surface area contributed by atoms with Gasteiger partial charge in [-0.3, -0.25) is 14.6 Å². The number of rotatable bonds is 8. The number of hydrogen-bond acceptors (Lipinski definition) is 4. The highest BCUT2D eigenvalue weighted by Gasteiger charge is 2.32. The second kappa shape index (κ2) is 9.89. The van der Waals surface area contributed by atoms with E-state index >= 15 is 0 Å². The lowest BCUT2D eigenvalue weighted by atomic mass is 10.0. The maximum Gasteiger partial charge on any atom is 0.416 e. The van der Waals surface area contributed by atoms with Crippen LogP contribution >= 0.6 is 0 Å². The maximum atomic E-state index is 13.0. The maximum absolute atomic E-state index is 13.0. The van der Waals surface area contributed by atoms with Crippen LogP contribution in [0.25, 0.3) is 0 Å². The Morgan fingerprint density at radius 3 is 2.43 bits per heavy atom. The van der Waals surface area contributed by atoms with Gasteiger partial charge in [0.1, 0.15) is 0 Å². The minimum absolute atomic E-state index is 0.0118. The Balaban J connectivity index is 1.55. The molecule has 0 fully saturated rings. The molecule has 0 saturated carbocycles. The Morgan fingerprint density at radius 1 is 0.967 bits per heavy atom. The summed E-state index contributed by atoms with van der Waals surface area (Å²) in [6.07, 6.45) is -1.06. The zero-order chi connectivity index (χ0) is 21.4. The fourth-order valence-corrected chi connectivity index (χ4v) is 2.88. The first kappa shape index (κ1) is 21.3. The van der Waals surface area contributed by atoms with Crippen LogP contribution in [0.4, 0.5) is 18.9 Å². The van der Waals surface area contributed by atoms with Crippen LogP contribution in [0.15, 0.2) is 73.1 Å². The predicted molar refractivity (Wildman–Crippen MR) is 107 cm³/mol. The van der Waals surface area contributed by atoms with E-state index in [9.17, 15) is 18.0 Å². The van der Waals surface area contributed by atoms with Crippen molar-refractivity contribution >= 4 is 11.6 Å². The third kappa shape index (κ3) is 5.81. The molecule has 1 amide bonds. The second-order valence-corrected chi connectivity index (χ2v) is 6.44. The summed E-state index contributed by atoms with van der Waals surface area (Å²) in [6, 6.07) is 15.9. The molecule has 8 heteroatoms. The number of carbonyl (C=O) groups excluding carboxylic acids is 1. The Hall–Kier alpha value is -3.39. The van der Waals surface area contributed by atoms with Crippen molar-refractivity contribution in [1.82, 2.24) is 10.5 Å². The van der Waals surface area contributed by atoms with Gasteiger partial charge in [-0.1, -0.05) is 30.3 Å². The monoisotopic (exact) mass is 415 g/mol. The molecule has 0 atom stereocenters. The topological polar surface area (TPSA) is 63.2 Å². The number of alkyl halides is 3. The van der Waals surface area contributed by atoms with E-state index in [1.165, 1.54) is 18.2 Å². The Bertz CT molecular complexity index is 979. The molecule has 156 valence electrons. The minimum atomic E-state index is -4.43. The number of aromatic nitrogens is 1. The fraction of sp³-hybridized carbons (Fsp3) is 0.182. The van der Waals surface area contributed by atoms with Crippen LogP contribution in [0.3, 0.4) is 0 Å². The third-order valence-electron chi connectivity index (χ3n) is 4.37. The van der Waals surface area contributed by atoms with Gasteiger partial charge in [0.25, 0.3) is 5.91 Å². The SMILES string of the molecule is O=C(NOCCc1ccccc1C(F)(F)F)c1ccccc1NCc1ccncc1. The van der Waals surface area contributed by atoms with Crippen LogP contribution in [-0.2, 0) is 24.0 Å². The van der Waals surface area contributed by atoms with Gasteiger partial charge in [0.15, 0.2) is 0 Å². The summed E-state index contributed by atoms with van der Waals surface area (Å²) in [6.45, 7) is 0.410. The number of nitrogens with one attached hydrogen (secondary N) is 2. The number of pyridine rings is 1. The van der Waals surface area contributed by atoms with Crippen LogP contribution in [0.2, 0.25) is 0 Å². The summed E-state index contributed by atoms with van der Waals surface area (Å²) in [5.74, 6) is -0.489. The summed E-state index contributed by atoms with van der Waals surface area (Å²) in [5.41, 5.74) is 3.67. The minimum Gasteiger partial charge on any atom is -0.380 e. The van der Waals surface area contributed by atoms with E-state index in [4.69, 9.17) is 4.84 Å². The summed E-state index contributed by atoms with van der Waals surface area (Å²) in [7, 11) is 0. The lowest BCUT2D eigenvalue weighted by molar-refractivity contribution is -0.138. The Labute approximate surface area is 171 Å². The smallest absolute Gasteiger partial charge is 0.380 e. The summed E-state index contributed by atoms with van der Waals surface area (Å²) in [5, 5.41) is 3.18. The summed E-state index contributed by atoms with van der Waals surface area (Å²) >= 11 is 0. The van der Waals surface area contributed by atoms with E-state index in [0.29, 0.717) is 17.8 Å². The molecule has 0 aliphatic carbocycles. The average molecular weight is 415 g/mol. The van der Waals surface area contributed by atoms with Gasteiger partial charge in [0.05, 0.1) is 17.7 Å². The van der Waals surface area contributed by atoms with Gasteiger partial charge < -0.3 is 5.32 Å². The second-order valence-electron chi connectivity index (χ2n) is 6.44. The molecule has 0 aliphatic rings. The number of hydroxylamine groups is 1. The number of hydrogen-bond donors (Lipinski definition) is 2. The normalized spacial score (nSPS) is 11.2. The van der Waals surface area contributed by atoms with Gasteiger partial charge in [0, 0.05) is 24.6 Å². The zero-order valence-electron chi connectivity index (χ0n) is 15.9. The lowest BCUT2D eigenvalue weighted by Crippen LogP contribution is -2.26. The van der Waals surface area contributed by atoms with Gasteiger partial charge in [-0.05, 0) is 47.9 Å². The molecule has 2 N–H and O–H groups in total. The number of nitrogens with zero attached hydrogens (tertiary/aromatic N) is 1. The standard InChI is InChI=1S/C22H20F3N3O2/c23-22(24,25)19-7-3-1-5-17(19)11-14-30-28-21(29)18-6-2-4-8-20(18)27-15-16-9-12-26-13-10-16/h1-10,12-13,27H,11,14-15H2,(H,28,29). The van der Waals surface area contributed by atoms with Crippen molar-refractivity contribution in [2.24, 2.45) is 0 Å². The van der Waals surface area contributed by atoms with E-state index in [0.717, 1.165) is 11.6 Å². The summed E-state index contributed by atoms with van der Waals surface area (Å²) < 4.78 is 39.1. The van der Waals surface area contributed by atoms with Crippen LogP contribution in [-0.4, -0.2) is 17.5 Å². The van der Waals surface area contributed by atoms with Gasteiger partial charge >= 0.3 is 6.18 Å². The van der Waals surface area contributed by atoms with E-state index in [1.807, 2.05) is 12.1 Å². The van der Waals surface area contributed by atoms with Crippen LogP contribution < -0.4 is 10.8 Å². The van der Waals surface area contributed by atoms with E-state index in [2.05, 4.69) is 15.8 Å². The molecule has 0 saturated heterocycles. The molecule has 3 rings (SSSR count). The Kier molecular flexibility index (Phi) is 7.03. The highest BCUT2D eigenvalue weighted by atomic mass is 19.4. The predicted octanol–water partition coefficient (Wildman–Crippen LogP) is 4.62. The largest absolute Gasteiger partial charge is 0.416 e. The average Bonchev–Trinajstić information content (AvgIpc) is 2.75.